The van der Waals surface area contributed by atoms with E-state index in [-0.39, 0.29) is 11.9 Å². The van der Waals surface area contributed by atoms with E-state index in [1.165, 1.54) is 0 Å². The zero-order chi connectivity index (χ0) is 18.8. The Kier molecular flexibility index (Phi) is 4.90. The van der Waals surface area contributed by atoms with Crippen molar-refractivity contribution in [3.8, 4) is 5.75 Å². The van der Waals surface area contributed by atoms with E-state index in [1.807, 2.05) is 53.4 Å². The maximum Gasteiger partial charge on any atom is 0.255 e. The Morgan fingerprint density at radius 1 is 1.11 bits per heavy atom. The van der Waals surface area contributed by atoms with Crippen molar-refractivity contribution in [2.24, 2.45) is 0 Å². The van der Waals surface area contributed by atoms with Gasteiger partial charge in [-0.05, 0) is 51.8 Å². The number of ether oxygens (including phenoxy) is 1. The molecule has 1 aromatic carbocycles. The van der Waals surface area contributed by atoms with E-state index in [9.17, 15) is 4.79 Å². The van der Waals surface area contributed by atoms with E-state index in [2.05, 4.69) is 25.9 Å². The van der Waals surface area contributed by atoms with Gasteiger partial charge in [-0.15, -0.1) is 0 Å². The number of hydrogen-bond donors (Lipinski definition) is 0. The van der Waals surface area contributed by atoms with Crippen molar-refractivity contribution in [3.05, 3.63) is 87.9 Å². The number of carbonyl (C=O) groups is 1. The summed E-state index contributed by atoms with van der Waals surface area (Å²) < 4.78 is 6.12. The van der Waals surface area contributed by atoms with Crippen LogP contribution in [0.4, 0.5) is 0 Å². The van der Waals surface area contributed by atoms with E-state index < -0.39 is 0 Å². The van der Waals surface area contributed by atoms with Gasteiger partial charge in [0.05, 0.1) is 37.3 Å². The van der Waals surface area contributed by atoms with E-state index in [0.717, 1.165) is 27.0 Å². The summed E-state index contributed by atoms with van der Waals surface area (Å²) in [6, 6.07) is 15.3. The van der Waals surface area contributed by atoms with Gasteiger partial charge in [-0.25, -0.2) is 0 Å². The smallest absolute Gasteiger partial charge is 0.255 e. The van der Waals surface area contributed by atoms with Crippen LogP contribution in [0.25, 0.3) is 0 Å². The highest BCUT2D eigenvalue weighted by molar-refractivity contribution is 9.10. The first-order valence-electron chi connectivity index (χ1n) is 8.65. The third kappa shape index (κ3) is 3.45. The molecule has 1 amide bonds. The summed E-state index contributed by atoms with van der Waals surface area (Å²) in [7, 11) is 1.61. The first-order chi connectivity index (χ1) is 13.2. The number of carbonyl (C=O) groups excluding carboxylic acids is 1. The summed E-state index contributed by atoms with van der Waals surface area (Å²) in [4.78, 5) is 23.8. The molecule has 27 heavy (non-hydrogen) atoms. The topological polar surface area (TPSA) is 55.3 Å². The third-order valence-electron chi connectivity index (χ3n) is 4.77. The second kappa shape index (κ2) is 7.48. The van der Waals surface area contributed by atoms with Crippen molar-refractivity contribution < 1.29 is 9.53 Å². The molecule has 3 aromatic rings. The number of benzene rings is 1. The molecule has 3 heterocycles. The molecule has 0 aliphatic carbocycles. The van der Waals surface area contributed by atoms with Gasteiger partial charge in [-0.3, -0.25) is 14.8 Å². The molecule has 1 atom stereocenters. The molecule has 1 aliphatic heterocycles. The van der Waals surface area contributed by atoms with Crippen molar-refractivity contribution in [2.75, 3.05) is 7.11 Å². The van der Waals surface area contributed by atoms with Crippen LogP contribution in [0.5, 0.6) is 5.75 Å². The number of amides is 1. The molecule has 1 aliphatic rings. The van der Waals surface area contributed by atoms with E-state index >= 15 is 0 Å². The highest BCUT2D eigenvalue weighted by Crippen LogP contribution is 2.37. The Morgan fingerprint density at radius 3 is 2.70 bits per heavy atom. The van der Waals surface area contributed by atoms with Gasteiger partial charge < -0.3 is 9.64 Å². The molecule has 0 saturated heterocycles. The number of aromatic nitrogens is 2. The van der Waals surface area contributed by atoms with Gasteiger partial charge in [0.2, 0.25) is 0 Å². The summed E-state index contributed by atoms with van der Waals surface area (Å²) in [5.74, 6) is 0.726. The molecule has 0 N–H and O–H groups in total. The molecule has 0 fully saturated rings. The molecule has 0 saturated carbocycles. The van der Waals surface area contributed by atoms with Crippen molar-refractivity contribution in [1.82, 2.24) is 14.9 Å². The monoisotopic (exact) mass is 423 g/mol. The summed E-state index contributed by atoms with van der Waals surface area (Å²) >= 11 is 3.57. The molecule has 0 spiro atoms. The molecule has 0 bridgehead atoms. The Morgan fingerprint density at radius 2 is 1.96 bits per heavy atom. The predicted molar refractivity (Wildman–Crippen MR) is 105 cm³/mol. The second-order valence-corrected chi connectivity index (χ2v) is 7.22. The van der Waals surface area contributed by atoms with Crippen LogP contribution < -0.4 is 4.74 Å². The normalized spacial score (nSPS) is 15.7. The average Bonchev–Trinajstić information content (AvgIpc) is 2.96. The predicted octanol–water partition coefficient (Wildman–Crippen LogP) is 4.19. The number of hydrogen-bond acceptors (Lipinski definition) is 4. The lowest BCUT2D eigenvalue weighted by Crippen LogP contribution is -2.29. The van der Waals surface area contributed by atoms with Gasteiger partial charge in [0.25, 0.3) is 5.91 Å². The van der Waals surface area contributed by atoms with E-state index in [0.29, 0.717) is 18.7 Å². The van der Waals surface area contributed by atoms with Gasteiger partial charge >= 0.3 is 0 Å². The number of nitrogens with zero attached hydrogens (tertiary/aromatic N) is 3. The highest BCUT2D eigenvalue weighted by Gasteiger charge is 2.37. The number of rotatable bonds is 5. The summed E-state index contributed by atoms with van der Waals surface area (Å²) in [6.07, 6.45) is 4.09. The van der Waals surface area contributed by atoms with Crippen molar-refractivity contribution >= 4 is 21.8 Å². The molecular formula is C21H18BrN3O2. The van der Waals surface area contributed by atoms with Crippen LogP contribution in [0.3, 0.4) is 0 Å². The van der Waals surface area contributed by atoms with Gasteiger partial charge in [0, 0.05) is 22.7 Å². The largest absolute Gasteiger partial charge is 0.495 e. The molecule has 4 rings (SSSR count). The lowest BCUT2D eigenvalue weighted by Gasteiger charge is -2.25. The molecule has 136 valence electrons. The minimum absolute atomic E-state index is 0.0280. The lowest BCUT2D eigenvalue weighted by atomic mass is 10.0. The van der Waals surface area contributed by atoms with Crippen LogP contribution in [0.15, 0.2) is 65.4 Å². The second-order valence-electron chi connectivity index (χ2n) is 6.36. The zero-order valence-corrected chi connectivity index (χ0v) is 16.4. The Bertz CT molecular complexity index is 975. The zero-order valence-electron chi connectivity index (χ0n) is 14.8. The first kappa shape index (κ1) is 17.7. The standard InChI is InChI=1S/C21H18BrN3O2/c1-27-15-9-8-14(24-12-15)13-25-20(11-19-18(22)7-4-10-23-19)16-5-2-3-6-17(16)21(25)26/h2-10,12,20H,11,13H2,1H3. The van der Waals surface area contributed by atoms with Crippen LogP contribution in [-0.2, 0) is 13.0 Å². The van der Waals surface area contributed by atoms with Crippen LogP contribution in [0, 0.1) is 0 Å². The summed E-state index contributed by atoms with van der Waals surface area (Å²) in [6.45, 7) is 0.437. The number of fused-ring (bicyclic) bond motifs is 1. The maximum absolute atomic E-state index is 13.1. The van der Waals surface area contributed by atoms with Crippen molar-refractivity contribution in [3.63, 3.8) is 0 Å². The molecule has 6 heteroatoms. The van der Waals surface area contributed by atoms with Crippen LogP contribution in [0.1, 0.15) is 33.4 Å². The highest BCUT2D eigenvalue weighted by atomic mass is 79.9. The van der Waals surface area contributed by atoms with Crippen LogP contribution in [0.2, 0.25) is 0 Å². The first-order valence-corrected chi connectivity index (χ1v) is 9.45. The fraction of sp³-hybridized carbons (Fsp3) is 0.190. The molecule has 0 radical (unpaired) electrons. The Hall–Kier alpha value is -2.73. The molecule has 2 aromatic heterocycles. The van der Waals surface area contributed by atoms with Crippen molar-refractivity contribution in [2.45, 2.75) is 19.0 Å². The number of halogens is 1. The van der Waals surface area contributed by atoms with E-state index in [4.69, 9.17) is 4.74 Å². The summed E-state index contributed by atoms with van der Waals surface area (Å²) in [5, 5.41) is 0. The SMILES string of the molecule is COc1ccc(CN2C(=O)c3ccccc3C2Cc2ncccc2Br)nc1. The van der Waals surface area contributed by atoms with Gasteiger partial charge in [0.15, 0.2) is 0 Å². The maximum atomic E-state index is 13.1. The van der Waals surface area contributed by atoms with Gasteiger partial charge in [-0.1, -0.05) is 18.2 Å². The fourth-order valence-corrected chi connectivity index (χ4v) is 3.82. The Balaban J connectivity index is 1.67. The molecular weight excluding hydrogens is 406 g/mol. The average molecular weight is 424 g/mol. The Labute approximate surface area is 166 Å². The quantitative estimate of drug-likeness (QED) is 0.617. The van der Waals surface area contributed by atoms with Gasteiger partial charge in [-0.2, -0.15) is 0 Å². The van der Waals surface area contributed by atoms with Crippen LogP contribution >= 0.6 is 15.9 Å². The third-order valence-corrected chi connectivity index (χ3v) is 5.50. The minimum atomic E-state index is -0.0798. The molecule has 5 nitrogen and oxygen atoms in total. The summed E-state index contributed by atoms with van der Waals surface area (Å²) in [5.41, 5.74) is 3.54. The fourth-order valence-electron chi connectivity index (χ4n) is 3.40. The van der Waals surface area contributed by atoms with Crippen molar-refractivity contribution in [1.29, 1.82) is 0 Å². The number of pyridine rings is 2. The van der Waals surface area contributed by atoms with Gasteiger partial charge in [0.1, 0.15) is 5.75 Å². The van der Waals surface area contributed by atoms with E-state index in [1.54, 1.807) is 19.5 Å². The number of methoxy groups -OCH3 is 1. The molecule has 1 unspecified atom stereocenters. The lowest BCUT2D eigenvalue weighted by molar-refractivity contribution is 0.0706. The van der Waals surface area contributed by atoms with Crippen LogP contribution in [-0.4, -0.2) is 27.9 Å². The minimum Gasteiger partial charge on any atom is -0.495 e.